The maximum absolute atomic E-state index is 10.4. The minimum absolute atomic E-state index is 0.273. The van der Waals surface area contributed by atoms with Crippen molar-refractivity contribution in [2.45, 2.75) is 13.0 Å². The molecule has 0 bridgehead atoms. The molecule has 1 rings (SSSR count). The SMILES string of the molecule is COCOCc1ccccc1CC=O. The molecule has 76 valence electrons. The Morgan fingerprint density at radius 1 is 1.29 bits per heavy atom. The Kier molecular flexibility index (Phi) is 4.89. The van der Waals surface area contributed by atoms with Gasteiger partial charge in [-0.2, -0.15) is 0 Å². The third-order valence-corrected chi connectivity index (χ3v) is 1.88. The van der Waals surface area contributed by atoms with Crippen molar-refractivity contribution in [2.24, 2.45) is 0 Å². The number of methoxy groups -OCH3 is 1. The van der Waals surface area contributed by atoms with Crippen LogP contribution in [0.3, 0.4) is 0 Å². The number of ether oxygens (including phenoxy) is 2. The summed E-state index contributed by atoms with van der Waals surface area (Å²) in [5.74, 6) is 0. The number of benzene rings is 1. The van der Waals surface area contributed by atoms with Crippen LogP contribution in [0.25, 0.3) is 0 Å². The van der Waals surface area contributed by atoms with E-state index in [2.05, 4.69) is 0 Å². The second-order valence-corrected chi connectivity index (χ2v) is 2.89. The maximum atomic E-state index is 10.4. The molecule has 0 aromatic heterocycles. The van der Waals surface area contributed by atoms with Crippen molar-refractivity contribution < 1.29 is 14.3 Å². The molecule has 0 atom stereocenters. The summed E-state index contributed by atoms with van der Waals surface area (Å²) < 4.78 is 9.99. The van der Waals surface area contributed by atoms with Crippen molar-refractivity contribution in [3.8, 4) is 0 Å². The Morgan fingerprint density at radius 3 is 2.64 bits per heavy atom. The predicted molar refractivity (Wildman–Crippen MR) is 52.9 cm³/mol. The van der Waals surface area contributed by atoms with Crippen molar-refractivity contribution in [3.63, 3.8) is 0 Å². The van der Waals surface area contributed by atoms with Crippen LogP contribution in [0.5, 0.6) is 0 Å². The van der Waals surface area contributed by atoms with Gasteiger partial charge in [0.25, 0.3) is 0 Å². The van der Waals surface area contributed by atoms with E-state index in [0.29, 0.717) is 13.0 Å². The molecule has 0 saturated carbocycles. The molecule has 0 radical (unpaired) electrons. The molecule has 0 fully saturated rings. The van der Waals surface area contributed by atoms with Gasteiger partial charge in [0.1, 0.15) is 13.1 Å². The van der Waals surface area contributed by atoms with Crippen LogP contribution in [0.2, 0.25) is 0 Å². The van der Waals surface area contributed by atoms with E-state index in [9.17, 15) is 4.79 Å². The van der Waals surface area contributed by atoms with E-state index in [1.807, 2.05) is 24.3 Å². The van der Waals surface area contributed by atoms with Crippen molar-refractivity contribution in [2.75, 3.05) is 13.9 Å². The molecular weight excluding hydrogens is 180 g/mol. The van der Waals surface area contributed by atoms with Crippen LogP contribution in [0.15, 0.2) is 24.3 Å². The van der Waals surface area contributed by atoms with Gasteiger partial charge >= 0.3 is 0 Å². The van der Waals surface area contributed by atoms with Crippen LogP contribution in [-0.2, 0) is 27.3 Å². The normalized spacial score (nSPS) is 10.1. The molecule has 1 aromatic carbocycles. The molecule has 0 aliphatic carbocycles. The first kappa shape index (κ1) is 10.9. The monoisotopic (exact) mass is 194 g/mol. The number of carbonyl (C=O) groups excluding carboxylic acids is 1. The lowest BCUT2D eigenvalue weighted by atomic mass is 10.1. The van der Waals surface area contributed by atoms with Gasteiger partial charge in [0.15, 0.2) is 0 Å². The predicted octanol–water partition coefficient (Wildman–Crippen LogP) is 1.55. The zero-order valence-electron chi connectivity index (χ0n) is 8.23. The van der Waals surface area contributed by atoms with E-state index < -0.39 is 0 Å². The van der Waals surface area contributed by atoms with Gasteiger partial charge in [-0.05, 0) is 11.1 Å². The lowest BCUT2D eigenvalue weighted by molar-refractivity contribution is -0.107. The zero-order valence-corrected chi connectivity index (χ0v) is 8.23. The van der Waals surface area contributed by atoms with Gasteiger partial charge in [0.2, 0.25) is 0 Å². The second kappa shape index (κ2) is 6.29. The van der Waals surface area contributed by atoms with E-state index in [0.717, 1.165) is 17.4 Å². The van der Waals surface area contributed by atoms with Crippen LogP contribution < -0.4 is 0 Å². The summed E-state index contributed by atoms with van der Waals surface area (Å²) in [7, 11) is 1.58. The Hall–Kier alpha value is -1.19. The number of hydrogen-bond donors (Lipinski definition) is 0. The molecule has 0 heterocycles. The number of hydrogen-bond acceptors (Lipinski definition) is 3. The summed E-state index contributed by atoms with van der Waals surface area (Å²) >= 11 is 0. The minimum Gasteiger partial charge on any atom is -0.359 e. The molecule has 0 amide bonds. The summed E-state index contributed by atoms with van der Waals surface area (Å²) in [4.78, 5) is 10.4. The molecule has 14 heavy (non-hydrogen) atoms. The zero-order chi connectivity index (χ0) is 10.2. The summed E-state index contributed by atoms with van der Waals surface area (Å²) in [6.45, 7) is 0.757. The van der Waals surface area contributed by atoms with Gasteiger partial charge in [-0.25, -0.2) is 0 Å². The highest BCUT2D eigenvalue weighted by Gasteiger charge is 2.00. The van der Waals surface area contributed by atoms with Gasteiger partial charge in [0.05, 0.1) is 6.61 Å². The smallest absolute Gasteiger partial charge is 0.146 e. The van der Waals surface area contributed by atoms with Gasteiger partial charge in [-0.1, -0.05) is 24.3 Å². The molecular formula is C11H14O3. The number of rotatable bonds is 6. The fourth-order valence-electron chi connectivity index (χ4n) is 1.22. The van der Waals surface area contributed by atoms with Crippen molar-refractivity contribution in [1.29, 1.82) is 0 Å². The highest BCUT2D eigenvalue weighted by Crippen LogP contribution is 2.09. The van der Waals surface area contributed by atoms with Crippen LogP contribution >= 0.6 is 0 Å². The first-order valence-corrected chi connectivity index (χ1v) is 4.45. The highest BCUT2D eigenvalue weighted by molar-refractivity contribution is 5.56. The molecule has 0 aliphatic heterocycles. The van der Waals surface area contributed by atoms with Gasteiger partial charge in [-0.15, -0.1) is 0 Å². The van der Waals surface area contributed by atoms with Gasteiger partial charge in [-0.3, -0.25) is 0 Å². The summed E-state index contributed by atoms with van der Waals surface area (Å²) in [5, 5.41) is 0. The maximum Gasteiger partial charge on any atom is 0.146 e. The fraction of sp³-hybridized carbons (Fsp3) is 0.364. The topological polar surface area (TPSA) is 35.5 Å². The third-order valence-electron chi connectivity index (χ3n) is 1.88. The Balaban J connectivity index is 2.59. The Bertz CT molecular complexity index is 284. The van der Waals surface area contributed by atoms with Gasteiger partial charge in [0, 0.05) is 13.5 Å². The molecule has 3 nitrogen and oxygen atoms in total. The van der Waals surface area contributed by atoms with Crippen molar-refractivity contribution >= 4 is 6.29 Å². The molecule has 0 spiro atoms. The lowest BCUT2D eigenvalue weighted by Gasteiger charge is -2.07. The summed E-state index contributed by atoms with van der Waals surface area (Å²) in [6.07, 6.45) is 1.33. The Labute approximate surface area is 83.6 Å². The van der Waals surface area contributed by atoms with Gasteiger partial charge < -0.3 is 14.3 Å². The van der Waals surface area contributed by atoms with E-state index >= 15 is 0 Å². The van der Waals surface area contributed by atoms with Crippen molar-refractivity contribution in [3.05, 3.63) is 35.4 Å². The molecule has 0 aliphatic rings. The van der Waals surface area contributed by atoms with E-state index in [1.165, 1.54) is 0 Å². The van der Waals surface area contributed by atoms with E-state index in [-0.39, 0.29) is 6.79 Å². The standard InChI is InChI=1S/C11H14O3/c1-13-9-14-8-11-5-3-2-4-10(11)6-7-12/h2-5,7H,6,8-9H2,1H3. The summed E-state index contributed by atoms with van der Waals surface area (Å²) in [5.41, 5.74) is 2.05. The highest BCUT2D eigenvalue weighted by atomic mass is 16.7. The Morgan fingerprint density at radius 2 is 2.00 bits per heavy atom. The third kappa shape index (κ3) is 3.28. The molecule has 1 aromatic rings. The average Bonchev–Trinajstić information content (AvgIpc) is 2.21. The molecule has 0 saturated heterocycles. The second-order valence-electron chi connectivity index (χ2n) is 2.89. The average molecular weight is 194 g/mol. The van der Waals surface area contributed by atoms with Crippen LogP contribution in [0.1, 0.15) is 11.1 Å². The van der Waals surface area contributed by atoms with Crippen LogP contribution in [-0.4, -0.2) is 20.2 Å². The molecule has 0 N–H and O–H groups in total. The van der Waals surface area contributed by atoms with Crippen LogP contribution in [0.4, 0.5) is 0 Å². The van der Waals surface area contributed by atoms with Crippen molar-refractivity contribution in [1.82, 2.24) is 0 Å². The lowest BCUT2D eigenvalue weighted by Crippen LogP contribution is -2.00. The van der Waals surface area contributed by atoms with E-state index in [1.54, 1.807) is 7.11 Å². The number of aldehydes is 1. The first-order chi connectivity index (χ1) is 6.88. The molecule has 0 unspecified atom stereocenters. The first-order valence-electron chi connectivity index (χ1n) is 4.45. The molecule has 3 heteroatoms. The fourth-order valence-corrected chi connectivity index (χ4v) is 1.22. The van der Waals surface area contributed by atoms with E-state index in [4.69, 9.17) is 9.47 Å². The number of carbonyl (C=O) groups is 1. The summed E-state index contributed by atoms with van der Waals surface area (Å²) in [6, 6.07) is 7.73. The largest absolute Gasteiger partial charge is 0.359 e. The quantitative estimate of drug-likeness (QED) is 0.391. The van der Waals surface area contributed by atoms with Crippen LogP contribution in [0, 0.1) is 0 Å². The minimum atomic E-state index is 0.273.